The first kappa shape index (κ1) is 13.5. The van der Waals surface area contributed by atoms with Gasteiger partial charge in [0.15, 0.2) is 0 Å². The van der Waals surface area contributed by atoms with Gasteiger partial charge in [0, 0.05) is 5.02 Å². The molecule has 0 heterocycles. The molecule has 0 bridgehead atoms. The smallest absolute Gasteiger partial charge is 0.0628 e. The molecule has 0 radical (unpaired) electrons. The van der Waals surface area contributed by atoms with Crippen LogP contribution in [-0.2, 0) is 6.42 Å². The number of aryl methyl sites for hydroxylation is 2. The molecule has 2 aromatic rings. The van der Waals surface area contributed by atoms with Gasteiger partial charge in [0.25, 0.3) is 0 Å². The molecule has 0 amide bonds. The normalized spacial score (nSPS) is 12.4. The summed E-state index contributed by atoms with van der Waals surface area (Å²) in [6.45, 7) is 4.15. The highest BCUT2D eigenvalue weighted by Gasteiger charge is 2.11. The molecule has 0 spiro atoms. The van der Waals surface area contributed by atoms with E-state index in [1.165, 1.54) is 11.1 Å². The van der Waals surface area contributed by atoms with Crippen LogP contribution in [0.25, 0.3) is 0 Å². The Morgan fingerprint density at radius 3 is 2.50 bits per heavy atom. The van der Waals surface area contributed by atoms with Crippen LogP contribution in [0.5, 0.6) is 0 Å². The molecule has 1 unspecified atom stereocenters. The summed E-state index contributed by atoms with van der Waals surface area (Å²) in [5.41, 5.74) is 4.84. The summed E-state index contributed by atoms with van der Waals surface area (Å²) in [6.07, 6.45) is 0.839. The zero-order valence-corrected chi connectivity index (χ0v) is 12.1. The van der Waals surface area contributed by atoms with E-state index in [0.717, 1.165) is 22.6 Å². The van der Waals surface area contributed by atoms with Gasteiger partial charge in [-0.15, -0.1) is 11.6 Å². The maximum absolute atomic E-state index is 6.51. The minimum absolute atomic E-state index is 0.0101. The molecule has 1 atom stereocenters. The second-order valence-corrected chi connectivity index (χ2v) is 5.62. The first-order valence-electron chi connectivity index (χ1n) is 6.02. The van der Waals surface area contributed by atoms with E-state index in [1.807, 2.05) is 25.1 Å². The number of hydrogen-bond acceptors (Lipinski definition) is 0. The Balaban J connectivity index is 2.19. The second-order valence-electron chi connectivity index (χ2n) is 4.66. The highest BCUT2D eigenvalue weighted by Crippen LogP contribution is 2.29. The third-order valence-corrected chi connectivity index (χ3v) is 3.69. The highest BCUT2D eigenvalue weighted by atomic mass is 35.5. The van der Waals surface area contributed by atoms with Crippen molar-refractivity contribution in [2.45, 2.75) is 25.6 Å². The second kappa shape index (κ2) is 5.77. The molecule has 0 saturated heterocycles. The van der Waals surface area contributed by atoms with Gasteiger partial charge in [-0.25, -0.2) is 0 Å². The first-order valence-corrected chi connectivity index (χ1v) is 6.83. The Morgan fingerprint density at radius 2 is 1.83 bits per heavy atom. The maximum atomic E-state index is 6.51. The average Bonchev–Trinajstić information content (AvgIpc) is 2.28. The molecule has 0 aliphatic rings. The molecule has 0 fully saturated rings. The van der Waals surface area contributed by atoms with Gasteiger partial charge >= 0.3 is 0 Å². The average molecular weight is 279 g/mol. The highest BCUT2D eigenvalue weighted by molar-refractivity contribution is 6.30. The van der Waals surface area contributed by atoms with Gasteiger partial charge < -0.3 is 0 Å². The largest absolute Gasteiger partial charge is 0.117 e. The lowest BCUT2D eigenvalue weighted by Gasteiger charge is -2.13. The fourth-order valence-electron chi connectivity index (χ4n) is 2.15. The standard InChI is InChI=1S/C16H16Cl2/c1-11-4-3-5-13(8-11)10-16(18)15-7-6-14(17)9-12(15)2/h3-9,16H,10H2,1-2H3. The van der Waals surface area contributed by atoms with Crippen LogP contribution < -0.4 is 0 Å². The van der Waals surface area contributed by atoms with Crippen LogP contribution in [0.2, 0.25) is 5.02 Å². The van der Waals surface area contributed by atoms with E-state index in [2.05, 4.69) is 31.2 Å². The van der Waals surface area contributed by atoms with Gasteiger partial charge in [-0.1, -0.05) is 47.5 Å². The van der Waals surface area contributed by atoms with Gasteiger partial charge in [0.2, 0.25) is 0 Å². The first-order chi connectivity index (χ1) is 8.56. The Labute approximate surface area is 119 Å². The third kappa shape index (κ3) is 3.28. The van der Waals surface area contributed by atoms with E-state index in [-0.39, 0.29) is 5.38 Å². The predicted molar refractivity (Wildman–Crippen MR) is 79.7 cm³/mol. The van der Waals surface area contributed by atoms with Crippen molar-refractivity contribution < 1.29 is 0 Å². The van der Waals surface area contributed by atoms with E-state index < -0.39 is 0 Å². The summed E-state index contributed by atoms with van der Waals surface area (Å²) >= 11 is 12.5. The van der Waals surface area contributed by atoms with Crippen molar-refractivity contribution in [2.75, 3.05) is 0 Å². The molecule has 0 N–H and O–H groups in total. The Morgan fingerprint density at radius 1 is 1.06 bits per heavy atom. The van der Waals surface area contributed by atoms with Gasteiger partial charge in [-0.3, -0.25) is 0 Å². The molecule has 0 aliphatic heterocycles. The minimum atomic E-state index is -0.0101. The predicted octanol–water partition coefficient (Wildman–Crippen LogP) is 5.48. The Hall–Kier alpha value is -0.980. The summed E-state index contributed by atoms with van der Waals surface area (Å²) in [4.78, 5) is 0. The SMILES string of the molecule is Cc1cccc(CC(Cl)c2ccc(Cl)cc2C)c1. The van der Waals surface area contributed by atoms with Crippen molar-refractivity contribution in [3.63, 3.8) is 0 Å². The number of benzene rings is 2. The van der Waals surface area contributed by atoms with Crippen LogP contribution >= 0.6 is 23.2 Å². The van der Waals surface area contributed by atoms with Crippen molar-refractivity contribution in [3.8, 4) is 0 Å². The summed E-state index contributed by atoms with van der Waals surface area (Å²) < 4.78 is 0. The van der Waals surface area contributed by atoms with E-state index >= 15 is 0 Å². The molecule has 94 valence electrons. The van der Waals surface area contributed by atoms with Crippen molar-refractivity contribution in [3.05, 3.63) is 69.7 Å². The van der Waals surface area contributed by atoms with Crippen LogP contribution in [0.15, 0.2) is 42.5 Å². The van der Waals surface area contributed by atoms with Crippen molar-refractivity contribution in [1.29, 1.82) is 0 Å². The van der Waals surface area contributed by atoms with E-state index in [9.17, 15) is 0 Å². The molecule has 0 saturated carbocycles. The number of halogens is 2. The van der Waals surface area contributed by atoms with E-state index in [4.69, 9.17) is 23.2 Å². The minimum Gasteiger partial charge on any atom is -0.117 e. The molecule has 2 aromatic carbocycles. The number of rotatable bonds is 3. The lowest BCUT2D eigenvalue weighted by atomic mass is 9.99. The molecule has 0 aromatic heterocycles. The molecule has 0 aliphatic carbocycles. The third-order valence-electron chi connectivity index (χ3n) is 3.07. The van der Waals surface area contributed by atoms with Gasteiger partial charge in [-0.05, 0) is 49.1 Å². The zero-order chi connectivity index (χ0) is 13.1. The Bertz CT molecular complexity index is 547. The lowest BCUT2D eigenvalue weighted by Crippen LogP contribution is -1.98. The van der Waals surface area contributed by atoms with Crippen LogP contribution in [0.1, 0.15) is 27.6 Å². The molecule has 18 heavy (non-hydrogen) atoms. The fraction of sp³-hybridized carbons (Fsp3) is 0.250. The van der Waals surface area contributed by atoms with Gasteiger partial charge in [0.05, 0.1) is 5.38 Å². The van der Waals surface area contributed by atoms with Crippen LogP contribution in [0.3, 0.4) is 0 Å². The monoisotopic (exact) mass is 278 g/mol. The Kier molecular flexibility index (Phi) is 4.31. The maximum Gasteiger partial charge on any atom is 0.0628 e. The molecule has 2 rings (SSSR count). The molecular weight excluding hydrogens is 263 g/mol. The van der Waals surface area contributed by atoms with Crippen molar-refractivity contribution >= 4 is 23.2 Å². The van der Waals surface area contributed by atoms with Crippen LogP contribution in [0, 0.1) is 13.8 Å². The fourth-order valence-corrected chi connectivity index (χ4v) is 2.80. The summed E-state index contributed by atoms with van der Waals surface area (Å²) in [5, 5.41) is 0.750. The summed E-state index contributed by atoms with van der Waals surface area (Å²) in [6, 6.07) is 14.3. The van der Waals surface area contributed by atoms with Crippen LogP contribution in [0.4, 0.5) is 0 Å². The van der Waals surface area contributed by atoms with Crippen molar-refractivity contribution in [1.82, 2.24) is 0 Å². The van der Waals surface area contributed by atoms with Crippen molar-refractivity contribution in [2.24, 2.45) is 0 Å². The van der Waals surface area contributed by atoms with E-state index in [1.54, 1.807) is 0 Å². The topological polar surface area (TPSA) is 0 Å². The van der Waals surface area contributed by atoms with Gasteiger partial charge in [-0.2, -0.15) is 0 Å². The lowest BCUT2D eigenvalue weighted by molar-refractivity contribution is 0.908. The van der Waals surface area contributed by atoms with E-state index in [0.29, 0.717) is 0 Å². The quantitative estimate of drug-likeness (QED) is 0.653. The van der Waals surface area contributed by atoms with Gasteiger partial charge in [0.1, 0.15) is 0 Å². The molecular formula is C16H16Cl2. The zero-order valence-electron chi connectivity index (χ0n) is 10.6. The molecule has 0 nitrogen and oxygen atoms in total. The summed E-state index contributed by atoms with van der Waals surface area (Å²) in [7, 11) is 0. The number of alkyl halides is 1. The summed E-state index contributed by atoms with van der Waals surface area (Å²) in [5.74, 6) is 0. The number of hydrogen-bond donors (Lipinski definition) is 0. The molecule has 2 heteroatoms. The van der Waals surface area contributed by atoms with Crippen LogP contribution in [-0.4, -0.2) is 0 Å².